The van der Waals surface area contributed by atoms with Gasteiger partial charge in [-0.3, -0.25) is 0 Å². The highest BCUT2D eigenvalue weighted by Crippen LogP contribution is 2.48. The Bertz CT molecular complexity index is 2910. The number of terminal acetylenes is 2. The maximum absolute atomic E-state index is 5.43. The van der Waals surface area contributed by atoms with Gasteiger partial charge in [-0.25, -0.2) is 0 Å². The summed E-state index contributed by atoms with van der Waals surface area (Å²) in [6, 6.07) is 66.0. The molecule has 0 N–H and O–H groups in total. The summed E-state index contributed by atoms with van der Waals surface area (Å²) < 4.78 is 4.37. The monoisotopic (exact) mass is 834 g/mol. The van der Waals surface area contributed by atoms with E-state index in [9.17, 15) is 0 Å². The number of nitrogens with zero attached hydrogens (tertiary/aromatic N) is 2. The van der Waals surface area contributed by atoms with Gasteiger partial charge in [-0.05, 0) is 68.8 Å². The summed E-state index contributed by atoms with van der Waals surface area (Å²) in [5.74, 6) is 6.04. The first-order chi connectivity index (χ1) is 31.3. The molecule has 0 bridgehead atoms. The van der Waals surface area contributed by atoms with Gasteiger partial charge in [0, 0.05) is 49.0 Å². The lowest BCUT2D eigenvalue weighted by molar-refractivity contribution is 0.660. The predicted molar refractivity (Wildman–Crippen MR) is 281 cm³/mol. The van der Waals surface area contributed by atoms with Gasteiger partial charge >= 0.3 is 0 Å². The molecule has 11 rings (SSSR count). The smallest absolute Gasteiger partial charge is 0.0841 e. The van der Waals surface area contributed by atoms with Crippen LogP contribution >= 0.6 is 0 Å². The zero-order valence-electron chi connectivity index (χ0n) is 38.9. The van der Waals surface area contributed by atoms with E-state index in [0.29, 0.717) is 19.0 Å². The third kappa shape index (κ3) is 9.39. The van der Waals surface area contributed by atoms with Crippen LogP contribution in [-0.4, -0.2) is 9.13 Å². The number of benzene rings is 8. The number of para-hydroxylation sites is 4. The Morgan fingerprint density at radius 3 is 1.09 bits per heavy atom. The number of fused-ring (bicyclic) bond motifs is 10. The molecule has 10 aromatic rings. The lowest BCUT2D eigenvalue weighted by atomic mass is 9.82. The largest absolute Gasteiger partial charge is 0.329 e. The molecule has 0 unspecified atom stereocenters. The molecule has 0 saturated carbocycles. The van der Waals surface area contributed by atoms with Gasteiger partial charge in [0.2, 0.25) is 0 Å². The summed E-state index contributed by atoms with van der Waals surface area (Å²) >= 11 is 0. The Labute approximate surface area is 382 Å². The van der Waals surface area contributed by atoms with Gasteiger partial charge in [0.1, 0.15) is 0 Å². The van der Waals surface area contributed by atoms with Crippen LogP contribution in [-0.2, 0) is 18.5 Å². The second kappa shape index (κ2) is 21.7. The van der Waals surface area contributed by atoms with Crippen molar-refractivity contribution in [3.05, 3.63) is 205 Å². The Hall–Kier alpha value is -7.26. The summed E-state index contributed by atoms with van der Waals surface area (Å²) in [7, 11) is 0. The van der Waals surface area contributed by atoms with Crippen molar-refractivity contribution < 1.29 is 0 Å². The molecule has 0 atom stereocenters. The summed E-state index contributed by atoms with van der Waals surface area (Å²) in [4.78, 5) is 0. The third-order valence-electron chi connectivity index (χ3n) is 11.8. The number of aromatic nitrogens is 2. The molecule has 0 fully saturated rings. The van der Waals surface area contributed by atoms with Crippen LogP contribution in [0.1, 0.15) is 78.0 Å². The van der Waals surface area contributed by atoms with Crippen molar-refractivity contribution >= 4 is 54.4 Å². The molecule has 1 aliphatic carbocycles. The Kier molecular flexibility index (Phi) is 15.7. The fraction of sp³-hybridized carbons (Fsp3) is 0.194. The lowest BCUT2D eigenvalue weighted by Gasteiger charge is -2.20. The van der Waals surface area contributed by atoms with Gasteiger partial charge in [0.15, 0.2) is 0 Å². The van der Waals surface area contributed by atoms with E-state index >= 15 is 0 Å². The molecular formula is C62H62N2. The molecule has 8 aromatic carbocycles. The maximum Gasteiger partial charge on any atom is 0.0841 e. The maximum atomic E-state index is 5.43. The average Bonchev–Trinajstić information content (AvgIpc) is 3.94. The lowest BCUT2D eigenvalue weighted by Crippen LogP contribution is -2.14. The van der Waals surface area contributed by atoms with Gasteiger partial charge in [-0.15, -0.1) is 12.8 Å². The number of rotatable bonds is 3. The first-order valence-corrected chi connectivity index (χ1v) is 22.8. The van der Waals surface area contributed by atoms with Gasteiger partial charge in [-0.1, -0.05) is 231 Å². The first-order valence-electron chi connectivity index (χ1n) is 22.8. The normalized spacial score (nSPS) is 11.5. The van der Waals surface area contributed by atoms with E-state index in [1.54, 1.807) is 0 Å². The predicted octanol–water partition coefficient (Wildman–Crippen LogP) is 16.9. The first kappa shape index (κ1) is 46.2. The van der Waals surface area contributed by atoms with Crippen molar-refractivity contribution in [2.45, 2.75) is 79.8 Å². The second-order valence-electron chi connectivity index (χ2n) is 16.1. The summed E-state index contributed by atoms with van der Waals surface area (Å²) in [5.41, 5.74) is 12.1. The Balaban J connectivity index is 0.000000138. The van der Waals surface area contributed by atoms with Crippen LogP contribution in [0.25, 0.3) is 65.5 Å². The molecule has 0 aliphatic heterocycles. The minimum Gasteiger partial charge on any atom is -0.329 e. The van der Waals surface area contributed by atoms with Crippen LogP contribution in [0.4, 0.5) is 0 Å². The van der Waals surface area contributed by atoms with Gasteiger partial charge < -0.3 is 9.13 Å². The Morgan fingerprint density at radius 1 is 0.406 bits per heavy atom. The van der Waals surface area contributed by atoms with E-state index < -0.39 is 0 Å². The van der Waals surface area contributed by atoms with E-state index in [1.807, 2.05) is 52.0 Å². The fourth-order valence-electron chi connectivity index (χ4n) is 8.95. The summed E-state index contributed by atoms with van der Waals surface area (Å²) in [6.45, 7) is 18.3. The van der Waals surface area contributed by atoms with Crippen molar-refractivity contribution in [2.75, 3.05) is 0 Å². The standard InChI is InChI=1S/2C15H11N.C15H14.C13H14.2C2H6/c2*1-2-11-16-14-9-5-3-7-12(14)13-8-4-6-10-15(13)16;1-15(2)13-9-5-3-7-11(13)12-8-4-6-10-14(12)15;1-10(2)12-9-5-7-11-6-3-4-8-13(11)12;2*1-2/h2*1,3-10H,11H2;3-10H,1-2H3;3-10H,1-2H3;2*1-2H3. The van der Waals surface area contributed by atoms with Crippen LogP contribution in [0.5, 0.6) is 0 Å². The molecule has 0 radical (unpaired) electrons. The van der Waals surface area contributed by atoms with E-state index in [-0.39, 0.29) is 5.41 Å². The zero-order valence-corrected chi connectivity index (χ0v) is 38.9. The Morgan fingerprint density at radius 2 is 0.719 bits per heavy atom. The molecule has 1 aliphatic rings. The highest BCUT2D eigenvalue weighted by atomic mass is 15.0. The van der Waals surface area contributed by atoms with Crippen molar-refractivity contribution in [2.24, 2.45) is 0 Å². The molecule has 320 valence electrons. The molecule has 2 aromatic heterocycles. The fourth-order valence-corrected chi connectivity index (χ4v) is 8.95. The van der Waals surface area contributed by atoms with Gasteiger partial charge in [0.25, 0.3) is 0 Å². The third-order valence-corrected chi connectivity index (χ3v) is 11.8. The highest BCUT2D eigenvalue weighted by Gasteiger charge is 2.34. The van der Waals surface area contributed by atoms with E-state index in [1.165, 1.54) is 82.2 Å². The van der Waals surface area contributed by atoms with Crippen molar-refractivity contribution in [3.8, 4) is 35.8 Å². The molecule has 0 spiro atoms. The molecule has 0 amide bonds. The number of hydrogen-bond acceptors (Lipinski definition) is 0. The van der Waals surface area contributed by atoms with Crippen molar-refractivity contribution in [1.82, 2.24) is 9.13 Å². The quantitative estimate of drug-likeness (QED) is 0.157. The molecule has 2 heterocycles. The van der Waals surface area contributed by atoms with E-state index in [0.717, 1.165) is 0 Å². The van der Waals surface area contributed by atoms with Gasteiger partial charge in [-0.2, -0.15) is 0 Å². The minimum absolute atomic E-state index is 0.160. The SMILES string of the molecule is C#CCn1c2ccccc2c2ccccc21.C#CCn1c2ccccc2c2ccccc21.CC.CC.CC(C)c1cccc2ccccc12.CC1(C)c2ccccc2-c2ccccc21. The zero-order chi connectivity index (χ0) is 45.6. The van der Waals surface area contributed by atoms with Crippen molar-refractivity contribution in [3.63, 3.8) is 0 Å². The van der Waals surface area contributed by atoms with Crippen LogP contribution in [0.2, 0.25) is 0 Å². The molecule has 64 heavy (non-hydrogen) atoms. The molecule has 0 saturated heterocycles. The molecule has 2 heteroatoms. The highest BCUT2D eigenvalue weighted by molar-refractivity contribution is 6.09. The van der Waals surface area contributed by atoms with Crippen LogP contribution < -0.4 is 0 Å². The topological polar surface area (TPSA) is 9.86 Å². The van der Waals surface area contributed by atoms with Crippen LogP contribution in [0, 0.1) is 24.7 Å². The van der Waals surface area contributed by atoms with E-state index in [2.05, 4.69) is 212 Å². The minimum atomic E-state index is 0.160. The average molecular weight is 835 g/mol. The van der Waals surface area contributed by atoms with Crippen LogP contribution in [0.3, 0.4) is 0 Å². The second-order valence-corrected chi connectivity index (χ2v) is 16.1. The van der Waals surface area contributed by atoms with Crippen LogP contribution in [0.15, 0.2) is 188 Å². The molecular weight excluding hydrogens is 773 g/mol. The molecule has 2 nitrogen and oxygen atoms in total. The summed E-state index contributed by atoms with van der Waals surface area (Å²) in [5, 5.41) is 7.82. The van der Waals surface area contributed by atoms with E-state index in [4.69, 9.17) is 12.8 Å². The van der Waals surface area contributed by atoms with Crippen molar-refractivity contribution in [1.29, 1.82) is 0 Å². The summed E-state index contributed by atoms with van der Waals surface area (Å²) in [6.07, 6.45) is 10.9. The number of hydrogen-bond donors (Lipinski definition) is 0. The van der Waals surface area contributed by atoms with Gasteiger partial charge in [0.05, 0.1) is 13.1 Å².